The standard InChI is InChI=1S/C18H24N2S/c1-4-11-19-15-9-6-10-16-17(15)21-18(20-16)14-8-5-7-12(2)13(14)3/h5,7-8,15,19H,4,6,9-11H2,1-3H3. The van der Waals surface area contributed by atoms with Gasteiger partial charge in [0.15, 0.2) is 0 Å². The van der Waals surface area contributed by atoms with E-state index in [0.29, 0.717) is 6.04 Å². The van der Waals surface area contributed by atoms with E-state index in [1.807, 2.05) is 11.3 Å². The highest BCUT2D eigenvalue weighted by Crippen LogP contribution is 2.39. The Hall–Kier alpha value is -1.19. The van der Waals surface area contributed by atoms with Gasteiger partial charge >= 0.3 is 0 Å². The number of nitrogens with zero attached hydrogens (tertiary/aromatic N) is 1. The maximum Gasteiger partial charge on any atom is 0.124 e. The third-order valence-electron chi connectivity index (χ3n) is 4.43. The molecule has 1 atom stereocenters. The summed E-state index contributed by atoms with van der Waals surface area (Å²) in [5.74, 6) is 0. The Kier molecular flexibility index (Phi) is 4.41. The van der Waals surface area contributed by atoms with Crippen molar-refractivity contribution in [3.8, 4) is 10.6 Å². The Morgan fingerprint density at radius 1 is 1.33 bits per heavy atom. The summed E-state index contributed by atoms with van der Waals surface area (Å²) in [7, 11) is 0. The van der Waals surface area contributed by atoms with Crippen LogP contribution in [0.5, 0.6) is 0 Å². The minimum Gasteiger partial charge on any atom is -0.309 e. The van der Waals surface area contributed by atoms with Crippen molar-refractivity contribution in [3.63, 3.8) is 0 Å². The summed E-state index contributed by atoms with van der Waals surface area (Å²) >= 11 is 1.90. The average Bonchev–Trinajstić information content (AvgIpc) is 2.92. The number of nitrogens with one attached hydrogen (secondary N) is 1. The van der Waals surface area contributed by atoms with E-state index in [-0.39, 0.29) is 0 Å². The van der Waals surface area contributed by atoms with Crippen LogP contribution >= 0.6 is 11.3 Å². The van der Waals surface area contributed by atoms with Crippen molar-refractivity contribution >= 4 is 11.3 Å². The molecule has 1 aromatic carbocycles. The molecule has 1 heterocycles. The lowest BCUT2D eigenvalue weighted by atomic mass is 9.98. The van der Waals surface area contributed by atoms with Gasteiger partial charge in [0.25, 0.3) is 0 Å². The van der Waals surface area contributed by atoms with E-state index in [0.717, 1.165) is 13.0 Å². The maximum atomic E-state index is 4.96. The maximum absolute atomic E-state index is 4.96. The SMILES string of the molecule is CCCNC1CCCc2nc(-c3cccc(C)c3C)sc21. The molecule has 0 aliphatic heterocycles. The highest BCUT2D eigenvalue weighted by Gasteiger charge is 2.24. The molecule has 21 heavy (non-hydrogen) atoms. The van der Waals surface area contributed by atoms with E-state index >= 15 is 0 Å². The predicted molar refractivity (Wildman–Crippen MR) is 91.0 cm³/mol. The first-order chi connectivity index (χ1) is 10.2. The van der Waals surface area contributed by atoms with E-state index in [1.54, 1.807) is 0 Å². The van der Waals surface area contributed by atoms with Crippen molar-refractivity contribution in [1.29, 1.82) is 0 Å². The first-order valence-corrected chi connectivity index (χ1v) is 8.82. The van der Waals surface area contributed by atoms with Gasteiger partial charge in [-0.05, 0) is 57.2 Å². The summed E-state index contributed by atoms with van der Waals surface area (Å²) in [6, 6.07) is 7.05. The summed E-state index contributed by atoms with van der Waals surface area (Å²) in [5, 5.41) is 4.89. The Bertz CT molecular complexity index is 630. The molecule has 112 valence electrons. The minimum atomic E-state index is 0.519. The number of thiazole rings is 1. The van der Waals surface area contributed by atoms with Crippen LogP contribution < -0.4 is 5.32 Å². The second-order valence-electron chi connectivity index (χ2n) is 5.98. The number of hydrogen-bond acceptors (Lipinski definition) is 3. The zero-order chi connectivity index (χ0) is 14.8. The van der Waals surface area contributed by atoms with Crippen LogP contribution in [-0.4, -0.2) is 11.5 Å². The average molecular weight is 300 g/mol. The quantitative estimate of drug-likeness (QED) is 0.877. The lowest BCUT2D eigenvalue weighted by molar-refractivity contribution is 0.465. The van der Waals surface area contributed by atoms with Crippen molar-refractivity contribution in [1.82, 2.24) is 10.3 Å². The Balaban J connectivity index is 1.96. The van der Waals surface area contributed by atoms with Crippen molar-refractivity contribution in [2.45, 2.75) is 52.5 Å². The van der Waals surface area contributed by atoms with E-state index in [9.17, 15) is 0 Å². The van der Waals surface area contributed by atoms with Crippen molar-refractivity contribution in [2.75, 3.05) is 6.54 Å². The molecule has 0 amide bonds. The molecule has 1 aromatic heterocycles. The van der Waals surface area contributed by atoms with Gasteiger partial charge in [-0.3, -0.25) is 0 Å². The van der Waals surface area contributed by atoms with Gasteiger partial charge in [-0.25, -0.2) is 4.98 Å². The molecular formula is C18H24N2S. The van der Waals surface area contributed by atoms with Gasteiger partial charge in [0.05, 0.1) is 5.69 Å². The van der Waals surface area contributed by atoms with Gasteiger partial charge in [0.2, 0.25) is 0 Å². The molecule has 2 aromatic rings. The van der Waals surface area contributed by atoms with E-state index in [1.165, 1.54) is 51.5 Å². The fourth-order valence-corrected chi connectivity index (χ4v) is 4.34. The molecule has 0 bridgehead atoms. The first-order valence-electron chi connectivity index (χ1n) is 8.00. The van der Waals surface area contributed by atoms with Crippen LogP contribution in [0.2, 0.25) is 0 Å². The molecule has 1 aliphatic carbocycles. The van der Waals surface area contributed by atoms with Crippen molar-refractivity contribution in [3.05, 3.63) is 39.9 Å². The fraction of sp³-hybridized carbons (Fsp3) is 0.500. The van der Waals surface area contributed by atoms with Crippen LogP contribution in [0, 0.1) is 13.8 Å². The van der Waals surface area contributed by atoms with Gasteiger partial charge in [0, 0.05) is 16.5 Å². The smallest absolute Gasteiger partial charge is 0.124 e. The summed E-state index contributed by atoms with van der Waals surface area (Å²) in [6.45, 7) is 7.71. The van der Waals surface area contributed by atoms with Crippen LogP contribution in [0.25, 0.3) is 10.6 Å². The number of aromatic nitrogens is 1. The lowest BCUT2D eigenvalue weighted by Crippen LogP contribution is -2.24. The second kappa shape index (κ2) is 6.29. The number of benzene rings is 1. The number of fused-ring (bicyclic) bond motifs is 1. The summed E-state index contributed by atoms with van der Waals surface area (Å²) in [5.41, 5.74) is 5.35. The van der Waals surface area contributed by atoms with Gasteiger partial charge in [-0.1, -0.05) is 25.1 Å². The van der Waals surface area contributed by atoms with Crippen LogP contribution in [0.3, 0.4) is 0 Å². The van der Waals surface area contributed by atoms with Crippen LogP contribution in [0.15, 0.2) is 18.2 Å². The molecule has 0 saturated heterocycles. The highest BCUT2D eigenvalue weighted by atomic mass is 32.1. The molecule has 1 unspecified atom stereocenters. The largest absolute Gasteiger partial charge is 0.309 e. The molecule has 0 spiro atoms. The third-order valence-corrected chi connectivity index (χ3v) is 5.67. The lowest BCUT2D eigenvalue weighted by Gasteiger charge is -2.22. The zero-order valence-corrected chi connectivity index (χ0v) is 14.0. The van der Waals surface area contributed by atoms with E-state index < -0.39 is 0 Å². The Morgan fingerprint density at radius 3 is 3.00 bits per heavy atom. The fourth-order valence-electron chi connectivity index (χ4n) is 3.03. The molecule has 3 rings (SSSR count). The Labute approximate surface area is 131 Å². The van der Waals surface area contributed by atoms with Crippen LogP contribution in [0.4, 0.5) is 0 Å². The number of hydrogen-bond donors (Lipinski definition) is 1. The minimum absolute atomic E-state index is 0.519. The Morgan fingerprint density at radius 2 is 2.19 bits per heavy atom. The van der Waals surface area contributed by atoms with Crippen molar-refractivity contribution < 1.29 is 0 Å². The van der Waals surface area contributed by atoms with Gasteiger partial charge in [-0.2, -0.15) is 0 Å². The first kappa shape index (κ1) is 14.7. The number of aryl methyl sites for hydroxylation is 2. The molecule has 0 saturated carbocycles. The van der Waals surface area contributed by atoms with Gasteiger partial charge in [0.1, 0.15) is 5.01 Å². The molecule has 1 aliphatic rings. The molecule has 0 radical (unpaired) electrons. The molecule has 0 fully saturated rings. The third kappa shape index (κ3) is 2.90. The monoisotopic (exact) mass is 300 g/mol. The topological polar surface area (TPSA) is 24.9 Å². The molecule has 3 heteroatoms. The number of rotatable bonds is 4. The summed E-state index contributed by atoms with van der Waals surface area (Å²) in [4.78, 5) is 6.44. The van der Waals surface area contributed by atoms with Crippen molar-refractivity contribution in [2.24, 2.45) is 0 Å². The van der Waals surface area contributed by atoms with E-state index in [2.05, 4.69) is 44.3 Å². The zero-order valence-electron chi connectivity index (χ0n) is 13.2. The van der Waals surface area contributed by atoms with Crippen LogP contribution in [0.1, 0.15) is 53.9 Å². The second-order valence-corrected chi connectivity index (χ2v) is 7.01. The molecule has 1 N–H and O–H groups in total. The van der Waals surface area contributed by atoms with Gasteiger partial charge < -0.3 is 5.32 Å². The molecular weight excluding hydrogens is 276 g/mol. The van der Waals surface area contributed by atoms with Crippen LogP contribution in [-0.2, 0) is 6.42 Å². The highest BCUT2D eigenvalue weighted by molar-refractivity contribution is 7.15. The predicted octanol–water partition coefficient (Wildman–Crippen LogP) is 4.80. The normalized spacial score (nSPS) is 17.8. The van der Waals surface area contributed by atoms with Gasteiger partial charge in [-0.15, -0.1) is 11.3 Å². The molecule has 2 nitrogen and oxygen atoms in total. The van der Waals surface area contributed by atoms with E-state index in [4.69, 9.17) is 4.98 Å². The summed E-state index contributed by atoms with van der Waals surface area (Å²) in [6.07, 6.45) is 4.83. The summed E-state index contributed by atoms with van der Waals surface area (Å²) < 4.78 is 0.